The van der Waals surface area contributed by atoms with Crippen LogP contribution in [0.2, 0.25) is 0 Å². The van der Waals surface area contributed by atoms with Gasteiger partial charge in [0.2, 0.25) is 0 Å². The third-order valence-electron chi connectivity index (χ3n) is 5.83. The summed E-state index contributed by atoms with van der Waals surface area (Å²) in [5, 5.41) is 4.39. The first-order valence-corrected chi connectivity index (χ1v) is 13.1. The van der Waals surface area contributed by atoms with Crippen LogP contribution < -0.4 is 15.9 Å². The first kappa shape index (κ1) is 21.3. The van der Waals surface area contributed by atoms with Gasteiger partial charge in [0.15, 0.2) is 0 Å². The van der Waals surface area contributed by atoms with Crippen molar-refractivity contribution in [3.8, 4) is 0 Å². The van der Waals surface area contributed by atoms with Gasteiger partial charge < -0.3 is 0 Å². The lowest BCUT2D eigenvalue weighted by molar-refractivity contribution is 0.992. The molecule has 0 fully saturated rings. The Hall–Kier alpha value is -2.95. The lowest BCUT2D eigenvalue weighted by atomic mass is 10.1. The molecule has 4 aromatic rings. The molecule has 0 saturated carbocycles. The Kier molecular flexibility index (Phi) is 7.48. The molecule has 0 spiro atoms. The van der Waals surface area contributed by atoms with E-state index >= 15 is 0 Å². The predicted octanol–water partition coefficient (Wildman–Crippen LogP) is 6.56. The van der Waals surface area contributed by atoms with Crippen molar-refractivity contribution in [3.63, 3.8) is 0 Å². The van der Waals surface area contributed by atoms with Crippen LogP contribution in [0.15, 0.2) is 133 Å². The molecule has 0 N–H and O–H groups in total. The summed E-state index contributed by atoms with van der Waals surface area (Å²) in [4.78, 5) is 0. The minimum atomic E-state index is -1.71. The Bertz CT molecular complexity index is 958. The molecule has 0 aliphatic carbocycles. The maximum Gasteiger partial charge on any atom is 0.112 e. The van der Waals surface area contributed by atoms with Gasteiger partial charge in [-0.05, 0) is 54.8 Å². The fourth-order valence-corrected chi connectivity index (χ4v) is 8.53. The van der Waals surface area contributed by atoms with Gasteiger partial charge >= 0.3 is 0 Å². The molecule has 0 aliphatic heterocycles. The second-order valence-electron chi connectivity index (χ2n) is 7.82. The highest BCUT2D eigenvalue weighted by molar-refractivity contribution is 7.95. The molecule has 1 heteroatoms. The van der Waals surface area contributed by atoms with E-state index in [9.17, 15) is 0 Å². The third-order valence-corrected chi connectivity index (χ3v) is 10.3. The van der Waals surface area contributed by atoms with Crippen LogP contribution in [0.3, 0.4) is 0 Å². The zero-order valence-corrected chi connectivity index (χ0v) is 18.9. The lowest BCUT2D eigenvalue weighted by Gasteiger charge is -2.27. The van der Waals surface area contributed by atoms with Gasteiger partial charge in [0.1, 0.15) is 23.2 Å². The molecule has 0 heterocycles. The van der Waals surface area contributed by atoms with Crippen molar-refractivity contribution in [2.45, 2.75) is 19.3 Å². The molecular weight excluding hydrogens is 391 g/mol. The zero-order chi connectivity index (χ0) is 21.2. The van der Waals surface area contributed by atoms with E-state index in [1.807, 2.05) is 0 Å². The van der Waals surface area contributed by atoms with E-state index in [1.165, 1.54) is 21.5 Å². The van der Waals surface area contributed by atoms with Gasteiger partial charge in [-0.2, -0.15) is 0 Å². The second kappa shape index (κ2) is 10.9. The van der Waals surface area contributed by atoms with Gasteiger partial charge in [0.05, 0.1) is 6.16 Å². The zero-order valence-electron chi connectivity index (χ0n) is 18.0. The van der Waals surface area contributed by atoms with Crippen molar-refractivity contribution < 1.29 is 0 Å². The van der Waals surface area contributed by atoms with Crippen LogP contribution >= 0.6 is 7.26 Å². The number of hydrogen-bond acceptors (Lipinski definition) is 0. The number of allylic oxidation sites excluding steroid dienone is 2. The third kappa shape index (κ3) is 5.22. The van der Waals surface area contributed by atoms with Crippen molar-refractivity contribution in [1.82, 2.24) is 0 Å². The standard InChI is InChI=1S/C30H30P/c1(7-17-27-18-8-3-9-19-27)2-16-26-31(28-20-10-4-11-21-28,29-22-12-5-13-23-29)30-24-14-6-15-25-30/h1-6,8-15,18-25H,7,16-17,26H2/q+1/b2-1-. The summed E-state index contributed by atoms with van der Waals surface area (Å²) in [6, 6.07) is 44.2. The molecule has 31 heavy (non-hydrogen) atoms. The maximum atomic E-state index is 2.40. The Morgan fingerprint density at radius 1 is 0.452 bits per heavy atom. The van der Waals surface area contributed by atoms with Crippen molar-refractivity contribution in [2.75, 3.05) is 6.16 Å². The Labute approximate surface area is 187 Å². The van der Waals surface area contributed by atoms with Gasteiger partial charge in [-0.3, -0.25) is 0 Å². The van der Waals surface area contributed by atoms with Gasteiger partial charge in [-0.25, -0.2) is 0 Å². The Morgan fingerprint density at radius 3 is 1.29 bits per heavy atom. The van der Waals surface area contributed by atoms with E-state index in [0.29, 0.717) is 0 Å². The summed E-state index contributed by atoms with van der Waals surface area (Å²) in [7, 11) is -1.71. The normalized spacial score (nSPS) is 11.6. The summed E-state index contributed by atoms with van der Waals surface area (Å²) in [5.41, 5.74) is 1.41. The number of hydrogen-bond donors (Lipinski definition) is 0. The fraction of sp³-hybridized carbons (Fsp3) is 0.133. The van der Waals surface area contributed by atoms with E-state index in [0.717, 1.165) is 25.4 Å². The van der Waals surface area contributed by atoms with E-state index in [2.05, 4.69) is 133 Å². The van der Waals surface area contributed by atoms with E-state index in [1.54, 1.807) is 0 Å². The smallest absolute Gasteiger partial charge is 0.0881 e. The molecular formula is C30H30P+. The summed E-state index contributed by atoms with van der Waals surface area (Å²) < 4.78 is 0. The minimum absolute atomic E-state index is 1.08. The van der Waals surface area contributed by atoms with Crippen LogP contribution in [0, 0.1) is 0 Å². The highest BCUT2D eigenvalue weighted by Gasteiger charge is 2.44. The van der Waals surface area contributed by atoms with Gasteiger partial charge in [0.25, 0.3) is 0 Å². The van der Waals surface area contributed by atoms with Crippen LogP contribution in [-0.2, 0) is 6.42 Å². The largest absolute Gasteiger partial charge is 0.112 e. The van der Waals surface area contributed by atoms with Gasteiger partial charge in [-0.1, -0.05) is 97.1 Å². The first-order valence-electron chi connectivity index (χ1n) is 11.1. The quantitative estimate of drug-likeness (QED) is 0.212. The van der Waals surface area contributed by atoms with Crippen molar-refractivity contribution in [1.29, 1.82) is 0 Å². The summed E-state index contributed by atoms with van der Waals surface area (Å²) in [6.45, 7) is 0. The first-order chi connectivity index (χ1) is 15.4. The monoisotopic (exact) mass is 421 g/mol. The molecule has 0 atom stereocenters. The van der Waals surface area contributed by atoms with Crippen molar-refractivity contribution >= 4 is 23.2 Å². The van der Waals surface area contributed by atoms with Crippen molar-refractivity contribution in [3.05, 3.63) is 139 Å². The highest BCUT2D eigenvalue weighted by atomic mass is 31.2. The summed E-state index contributed by atoms with van der Waals surface area (Å²) in [6.07, 6.45) is 9.19. The van der Waals surface area contributed by atoms with E-state index in [4.69, 9.17) is 0 Å². The molecule has 0 aliphatic rings. The molecule has 0 bridgehead atoms. The van der Waals surface area contributed by atoms with Crippen molar-refractivity contribution in [2.24, 2.45) is 0 Å². The number of aryl methyl sites for hydroxylation is 1. The van der Waals surface area contributed by atoms with Crippen LogP contribution in [0.5, 0.6) is 0 Å². The van der Waals surface area contributed by atoms with Crippen LogP contribution in [0.1, 0.15) is 18.4 Å². The van der Waals surface area contributed by atoms with Crippen LogP contribution in [0.4, 0.5) is 0 Å². The molecule has 0 radical (unpaired) electrons. The molecule has 154 valence electrons. The molecule has 4 rings (SSSR count). The Balaban J connectivity index is 1.60. The number of benzene rings is 4. The molecule has 0 amide bonds. The molecule has 4 aromatic carbocycles. The van der Waals surface area contributed by atoms with E-state index in [-0.39, 0.29) is 0 Å². The number of rotatable bonds is 9. The highest BCUT2D eigenvalue weighted by Crippen LogP contribution is 2.55. The predicted molar refractivity (Wildman–Crippen MR) is 139 cm³/mol. The maximum absolute atomic E-state index is 2.40. The van der Waals surface area contributed by atoms with E-state index < -0.39 is 7.26 Å². The average molecular weight is 422 g/mol. The average Bonchev–Trinajstić information content (AvgIpc) is 2.86. The second-order valence-corrected chi connectivity index (χ2v) is 11.4. The molecule has 0 aromatic heterocycles. The Morgan fingerprint density at radius 2 is 0.839 bits per heavy atom. The van der Waals surface area contributed by atoms with Crippen LogP contribution in [-0.4, -0.2) is 6.16 Å². The summed E-state index contributed by atoms with van der Waals surface area (Å²) >= 11 is 0. The fourth-order valence-electron chi connectivity index (χ4n) is 4.28. The SMILES string of the molecule is C(=C/CC[P+](c1ccccc1)(c1ccccc1)c1ccccc1)/CCc1ccccc1. The molecule has 0 nitrogen and oxygen atoms in total. The van der Waals surface area contributed by atoms with Gasteiger partial charge in [-0.15, -0.1) is 0 Å². The lowest BCUT2D eigenvalue weighted by Crippen LogP contribution is -2.33. The molecule has 0 unspecified atom stereocenters. The summed E-state index contributed by atoms with van der Waals surface area (Å²) in [5.74, 6) is 0. The van der Waals surface area contributed by atoms with Crippen LogP contribution in [0.25, 0.3) is 0 Å². The van der Waals surface area contributed by atoms with Gasteiger partial charge in [0, 0.05) is 6.42 Å². The topological polar surface area (TPSA) is 0 Å². The minimum Gasteiger partial charge on any atom is -0.0881 e. The molecule has 0 saturated heterocycles.